The lowest BCUT2D eigenvalue weighted by Crippen LogP contribution is -2.53. The van der Waals surface area contributed by atoms with Gasteiger partial charge in [-0.3, -0.25) is 9.59 Å². The van der Waals surface area contributed by atoms with Crippen LogP contribution in [-0.4, -0.2) is 49.6 Å². The van der Waals surface area contributed by atoms with Gasteiger partial charge in [-0.2, -0.15) is 0 Å². The van der Waals surface area contributed by atoms with Crippen LogP contribution in [0.1, 0.15) is 24.8 Å². The van der Waals surface area contributed by atoms with E-state index in [0.717, 1.165) is 18.4 Å². The van der Waals surface area contributed by atoms with Gasteiger partial charge in [-0.05, 0) is 18.9 Å². The Hall–Kier alpha value is -2.08. The highest BCUT2D eigenvalue weighted by Crippen LogP contribution is 2.34. The van der Waals surface area contributed by atoms with Crippen LogP contribution < -0.4 is 10.5 Å². The average Bonchev–Trinajstić information content (AvgIpc) is 2.90. The van der Waals surface area contributed by atoms with Crippen LogP contribution in [0, 0.1) is 0 Å². The summed E-state index contributed by atoms with van der Waals surface area (Å²) in [5.41, 5.74) is 5.60. The zero-order valence-electron chi connectivity index (χ0n) is 13.7. The number of carbonyl (C=O) groups excluding carboxylic acids is 2. The molecule has 0 saturated carbocycles. The lowest BCUT2D eigenvalue weighted by atomic mass is 9.92. The summed E-state index contributed by atoms with van der Waals surface area (Å²) in [6.45, 7) is 0.929. The highest BCUT2D eigenvalue weighted by Gasteiger charge is 2.44. The molecule has 1 aliphatic heterocycles. The Kier molecular flexibility index (Phi) is 5.60. The number of methoxy groups -OCH3 is 2. The first-order valence-corrected chi connectivity index (χ1v) is 7.72. The maximum Gasteiger partial charge on any atom is 0.227 e. The smallest absolute Gasteiger partial charge is 0.227 e. The molecule has 126 valence electrons. The van der Waals surface area contributed by atoms with Gasteiger partial charge in [0.15, 0.2) is 0 Å². The molecule has 0 aromatic heterocycles. The van der Waals surface area contributed by atoms with E-state index in [1.807, 2.05) is 24.3 Å². The number of ether oxygens (including phenoxy) is 2. The number of para-hydroxylation sites is 1. The summed E-state index contributed by atoms with van der Waals surface area (Å²) >= 11 is 0. The van der Waals surface area contributed by atoms with Gasteiger partial charge in [-0.25, -0.2) is 0 Å². The molecule has 2 amide bonds. The van der Waals surface area contributed by atoms with Crippen molar-refractivity contribution in [2.75, 3.05) is 27.4 Å². The van der Waals surface area contributed by atoms with Crippen molar-refractivity contribution in [3.63, 3.8) is 0 Å². The van der Waals surface area contributed by atoms with Crippen LogP contribution in [0.4, 0.5) is 0 Å². The van der Waals surface area contributed by atoms with E-state index in [2.05, 4.69) is 0 Å². The number of nitrogens with zero attached hydrogens (tertiary/aromatic N) is 1. The lowest BCUT2D eigenvalue weighted by molar-refractivity contribution is -0.138. The number of hydrogen-bond donors (Lipinski definition) is 1. The van der Waals surface area contributed by atoms with Gasteiger partial charge in [0.2, 0.25) is 11.8 Å². The van der Waals surface area contributed by atoms with Gasteiger partial charge in [0.1, 0.15) is 5.75 Å². The predicted molar refractivity (Wildman–Crippen MR) is 86.1 cm³/mol. The van der Waals surface area contributed by atoms with Gasteiger partial charge in [0.05, 0.1) is 32.1 Å². The summed E-state index contributed by atoms with van der Waals surface area (Å²) in [6.07, 6.45) is 1.92. The minimum atomic E-state index is -0.625. The highest BCUT2D eigenvalue weighted by molar-refractivity contribution is 5.82. The molecule has 2 N–H and O–H groups in total. The summed E-state index contributed by atoms with van der Waals surface area (Å²) in [5, 5.41) is 0. The molecule has 1 atom stereocenters. The second-order valence-corrected chi connectivity index (χ2v) is 5.94. The van der Waals surface area contributed by atoms with Gasteiger partial charge in [-0.15, -0.1) is 0 Å². The third kappa shape index (κ3) is 3.82. The molecule has 1 heterocycles. The summed E-state index contributed by atoms with van der Waals surface area (Å²) in [7, 11) is 3.16. The Labute approximate surface area is 136 Å². The van der Waals surface area contributed by atoms with Crippen LogP contribution in [0.3, 0.4) is 0 Å². The topological polar surface area (TPSA) is 81.9 Å². The van der Waals surface area contributed by atoms with Gasteiger partial charge >= 0.3 is 0 Å². The predicted octanol–water partition coefficient (Wildman–Crippen LogP) is 1.12. The van der Waals surface area contributed by atoms with Crippen molar-refractivity contribution in [2.24, 2.45) is 5.73 Å². The van der Waals surface area contributed by atoms with Gasteiger partial charge < -0.3 is 20.1 Å². The summed E-state index contributed by atoms with van der Waals surface area (Å²) in [5.74, 6) is 0.233. The summed E-state index contributed by atoms with van der Waals surface area (Å²) in [4.78, 5) is 26.0. The fourth-order valence-corrected chi connectivity index (χ4v) is 3.41. The SMILES string of the molecule is COC[C@@]1(CC(N)=O)CCCN1C(=O)Cc1ccccc1OC. The largest absolute Gasteiger partial charge is 0.496 e. The zero-order valence-corrected chi connectivity index (χ0v) is 13.7. The van der Waals surface area contributed by atoms with E-state index in [-0.39, 0.29) is 18.7 Å². The molecule has 23 heavy (non-hydrogen) atoms. The first kappa shape index (κ1) is 17.3. The van der Waals surface area contributed by atoms with Crippen molar-refractivity contribution in [1.82, 2.24) is 4.90 Å². The summed E-state index contributed by atoms with van der Waals surface area (Å²) < 4.78 is 10.6. The Morgan fingerprint density at radius 1 is 1.30 bits per heavy atom. The Morgan fingerprint density at radius 3 is 2.70 bits per heavy atom. The first-order valence-electron chi connectivity index (χ1n) is 7.72. The van der Waals surface area contributed by atoms with E-state index in [0.29, 0.717) is 18.9 Å². The van der Waals surface area contributed by atoms with E-state index in [4.69, 9.17) is 15.2 Å². The number of benzene rings is 1. The quantitative estimate of drug-likeness (QED) is 0.816. The van der Waals surface area contributed by atoms with E-state index in [9.17, 15) is 9.59 Å². The maximum atomic E-state index is 12.8. The lowest BCUT2D eigenvalue weighted by Gasteiger charge is -2.37. The monoisotopic (exact) mass is 320 g/mol. The van der Waals surface area contributed by atoms with Gasteiger partial charge in [0.25, 0.3) is 0 Å². The number of hydrogen-bond acceptors (Lipinski definition) is 4. The zero-order chi connectivity index (χ0) is 16.9. The molecule has 0 bridgehead atoms. The molecular formula is C17H24N2O4. The van der Waals surface area contributed by atoms with Crippen LogP contribution in [0.25, 0.3) is 0 Å². The molecule has 1 aliphatic rings. The molecule has 0 unspecified atom stereocenters. The second-order valence-electron chi connectivity index (χ2n) is 5.94. The van der Waals surface area contributed by atoms with Crippen LogP contribution in [0.5, 0.6) is 5.75 Å². The molecule has 1 aromatic carbocycles. The molecule has 1 aromatic rings. The first-order chi connectivity index (χ1) is 11.0. The number of rotatable bonds is 7. The number of primary amides is 1. The molecule has 6 heteroatoms. The maximum absolute atomic E-state index is 12.8. The molecule has 0 spiro atoms. The van der Waals surface area contributed by atoms with Crippen molar-refractivity contribution in [1.29, 1.82) is 0 Å². The second kappa shape index (κ2) is 7.46. The molecule has 2 rings (SSSR count). The van der Waals surface area contributed by atoms with Crippen molar-refractivity contribution in [3.05, 3.63) is 29.8 Å². The molecule has 1 fully saturated rings. The fourth-order valence-electron chi connectivity index (χ4n) is 3.41. The number of amides is 2. The third-order valence-corrected chi connectivity index (χ3v) is 4.35. The Balaban J connectivity index is 2.20. The molecule has 0 aliphatic carbocycles. The van der Waals surface area contributed by atoms with Crippen molar-refractivity contribution in [3.8, 4) is 5.75 Å². The molecule has 0 radical (unpaired) electrons. The van der Waals surface area contributed by atoms with Crippen LogP contribution in [-0.2, 0) is 20.7 Å². The van der Waals surface area contributed by atoms with Crippen LogP contribution in [0.2, 0.25) is 0 Å². The molecule has 6 nitrogen and oxygen atoms in total. The fraction of sp³-hybridized carbons (Fsp3) is 0.529. The van der Waals surface area contributed by atoms with Gasteiger partial charge in [0, 0.05) is 19.2 Å². The third-order valence-electron chi connectivity index (χ3n) is 4.35. The van der Waals surface area contributed by atoms with E-state index in [1.165, 1.54) is 0 Å². The normalized spacial score (nSPS) is 20.5. The van der Waals surface area contributed by atoms with E-state index >= 15 is 0 Å². The number of carbonyl (C=O) groups is 2. The highest BCUT2D eigenvalue weighted by atomic mass is 16.5. The van der Waals surface area contributed by atoms with Crippen molar-refractivity contribution < 1.29 is 19.1 Å². The Bertz CT molecular complexity index is 575. The number of likely N-dealkylation sites (tertiary alicyclic amines) is 1. The summed E-state index contributed by atoms with van der Waals surface area (Å²) in [6, 6.07) is 7.45. The van der Waals surface area contributed by atoms with Crippen LogP contribution >= 0.6 is 0 Å². The minimum Gasteiger partial charge on any atom is -0.496 e. The average molecular weight is 320 g/mol. The van der Waals surface area contributed by atoms with Crippen molar-refractivity contribution >= 4 is 11.8 Å². The van der Waals surface area contributed by atoms with Gasteiger partial charge in [-0.1, -0.05) is 18.2 Å². The van der Waals surface area contributed by atoms with Crippen LogP contribution in [0.15, 0.2) is 24.3 Å². The molecule has 1 saturated heterocycles. The molecular weight excluding hydrogens is 296 g/mol. The standard InChI is InChI=1S/C17H24N2O4/c1-22-12-17(11-15(18)20)8-5-9-19(17)16(21)10-13-6-3-4-7-14(13)23-2/h3-4,6-7H,5,8-12H2,1-2H3,(H2,18,20)/t17-/m0/s1. The van der Waals surface area contributed by atoms with Crippen molar-refractivity contribution in [2.45, 2.75) is 31.2 Å². The minimum absolute atomic E-state index is 0.0368. The number of nitrogens with two attached hydrogens (primary N) is 1. The van der Waals surface area contributed by atoms with E-state index < -0.39 is 11.4 Å². The Morgan fingerprint density at radius 2 is 2.04 bits per heavy atom. The van der Waals surface area contributed by atoms with E-state index in [1.54, 1.807) is 19.1 Å².